The number of carbonyl (C=O) groups excluding carboxylic acids is 3. The molecule has 6 heteroatoms. The molecule has 0 aromatic rings. The van der Waals surface area contributed by atoms with Gasteiger partial charge in [0.25, 0.3) is 0 Å². The van der Waals surface area contributed by atoms with Gasteiger partial charge >= 0.3 is 17.9 Å². The predicted molar refractivity (Wildman–Crippen MR) is 270 cm³/mol. The minimum atomic E-state index is -0.798. The molecular formula is C57H94O6. The molecule has 0 fully saturated rings. The van der Waals surface area contributed by atoms with Crippen molar-refractivity contribution < 1.29 is 28.6 Å². The zero-order valence-electron chi connectivity index (χ0n) is 40.8. The van der Waals surface area contributed by atoms with Gasteiger partial charge in [-0.3, -0.25) is 14.4 Å². The number of carbonyl (C=O) groups is 3. The number of hydrogen-bond donors (Lipinski definition) is 0. The molecule has 0 rings (SSSR count). The van der Waals surface area contributed by atoms with E-state index in [0.29, 0.717) is 19.3 Å². The molecule has 0 aromatic heterocycles. The summed E-state index contributed by atoms with van der Waals surface area (Å²) in [6.45, 7) is 6.40. The van der Waals surface area contributed by atoms with E-state index >= 15 is 0 Å². The van der Waals surface area contributed by atoms with E-state index in [-0.39, 0.29) is 31.1 Å². The normalized spacial score (nSPS) is 12.9. The molecular weight excluding hydrogens is 781 g/mol. The van der Waals surface area contributed by atoms with E-state index in [9.17, 15) is 14.4 Å². The number of hydrogen-bond acceptors (Lipinski definition) is 6. The number of unbranched alkanes of at least 4 members (excludes halogenated alkanes) is 24. The lowest BCUT2D eigenvalue weighted by molar-refractivity contribution is -0.167. The van der Waals surface area contributed by atoms with Crippen LogP contribution in [-0.4, -0.2) is 37.2 Å². The van der Waals surface area contributed by atoms with Crippen molar-refractivity contribution in [3.8, 4) is 0 Å². The van der Waals surface area contributed by atoms with Gasteiger partial charge in [-0.25, -0.2) is 0 Å². The largest absolute Gasteiger partial charge is 0.462 e. The maximum absolute atomic E-state index is 12.8. The number of allylic oxidation sites excluding steroid dienone is 16. The van der Waals surface area contributed by atoms with Gasteiger partial charge < -0.3 is 14.2 Å². The summed E-state index contributed by atoms with van der Waals surface area (Å²) in [4.78, 5) is 37.9. The summed E-state index contributed by atoms with van der Waals surface area (Å²) in [6, 6.07) is 0. The molecule has 1 atom stereocenters. The highest BCUT2D eigenvalue weighted by atomic mass is 16.6. The van der Waals surface area contributed by atoms with Crippen LogP contribution in [0.15, 0.2) is 97.2 Å². The van der Waals surface area contributed by atoms with Gasteiger partial charge in [0.05, 0.1) is 0 Å². The predicted octanol–water partition coefficient (Wildman–Crippen LogP) is 17.0. The van der Waals surface area contributed by atoms with Crippen LogP contribution in [-0.2, 0) is 28.6 Å². The van der Waals surface area contributed by atoms with Crippen molar-refractivity contribution in [3.63, 3.8) is 0 Å². The number of rotatable bonds is 45. The second kappa shape index (κ2) is 51.0. The molecule has 0 aliphatic heterocycles. The average molecular weight is 875 g/mol. The van der Waals surface area contributed by atoms with Crippen LogP contribution >= 0.6 is 0 Å². The lowest BCUT2D eigenvalue weighted by Gasteiger charge is -2.18. The van der Waals surface area contributed by atoms with Gasteiger partial charge in [0.1, 0.15) is 13.2 Å². The highest BCUT2D eigenvalue weighted by Gasteiger charge is 2.19. The second-order valence-corrected chi connectivity index (χ2v) is 16.9. The van der Waals surface area contributed by atoms with Crippen molar-refractivity contribution in [2.45, 2.75) is 232 Å². The summed E-state index contributed by atoms with van der Waals surface area (Å²) in [6.07, 6.45) is 66.7. The van der Waals surface area contributed by atoms with Crippen LogP contribution in [0.2, 0.25) is 0 Å². The topological polar surface area (TPSA) is 78.9 Å². The Kier molecular flexibility index (Phi) is 48.0. The fourth-order valence-corrected chi connectivity index (χ4v) is 6.88. The molecule has 0 spiro atoms. The first-order valence-electron chi connectivity index (χ1n) is 25.8. The molecule has 0 heterocycles. The molecule has 0 bridgehead atoms. The molecule has 63 heavy (non-hydrogen) atoms. The van der Waals surface area contributed by atoms with Gasteiger partial charge in [-0.05, 0) is 57.8 Å². The van der Waals surface area contributed by atoms with Crippen LogP contribution in [0.5, 0.6) is 0 Å². The molecule has 0 aliphatic rings. The SMILES string of the molecule is CC\C=C/C=C\C=C/C=C\C=C\C=C/C=C\CCCCCC(=O)OCC(COC(=O)CCCCCCC/C=C\CCCC)OC(=O)CCCCCCCCCCCCCCCCC. The summed E-state index contributed by atoms with van der Waals surface area (Å²) in [5.41, 5.74) is 0. The zero-order valence-corrected chi connectivity index (χ0v) is 40.8. The Bertz CT molecular complexity index is 1280. The lowest BCUT2D eigenvalue weighted by Crippen LogP contribution is -2.30. The standard InChI is InChI=1S/C57H94O6/c1-4-7-10-13-16-19-22-24-26-27-28-29-31-32-35-38-41-44-47-50-56(59)62-53-54(52-61-55(58)49-46-43-40-37-34-21-18-15-12-9-6-3)63-57(60)51-48-45-42-39-36-33-30-25-23-20-17-14-11-8-5-2/h7,10,13,15-16,18-19,22,24,26-29,31-32,35,54H,4-6,8-9,11-12,14,17,20-21,23,25,30,33-34,36-53H2,1-3H3/b10-7-,16-13-,18-15-,22-19-,26-24-,28-27+,31-29-,35-32-. The third-order valence-electron chi connectivity index (χ3n) is 10.8. The zero-order chi connectivity index (χ0) is 45.8. The minimum absolute atomic E-state index is 0.0963. The van der Waals surface area contributed by atoms with Crippen LogP contribution in [0.4, 0.5) is 0 Å². The first-order valence-corrected chi connectivity index (χ1v) is 25.8. The van der Waals surface area contributed by atoms with Crippen molar-refractivity contribution in [1.82, 2.24) is 0 Å². The van der Waals surface area contributed by atoms with E-state index in [0.717, 1.165) is 83.5 Å². The molecule has 0 N–H and O–H groups in total. The van der Waals surface area contributed by atoms with Gasteiger partial charge in [-0.2, -0.15) is 0 Å². The smallest absolute Gasteiger partial charge is 0.306 e. The number of ether oxygens (including phenoxy) is 3. The third-order valence-corrected chi connectivity index (χ3v) is 10.8. The van der Waals surface area contributed by atoms with E-state index in [1.807, 2.05) is 72.9 Å². The van der Waals surface area contributed by atoms with Crippen LogP contribution in [0.1, 0.15) is 226 Å². The second-order valence-electron chi connectivity index (χ2n) is 16.9. The van der Waals surface area contributed by atoms with Gasteiger partial charge in [0, 0.05) is 19.3 Å². The van der Waals surface area contributed by atoms with Crippen molar-refractivity contribution in [2.75, 3.05) is 13.2 Å². The van der Waals surface area contributed by atoms with E-state index < -0.39 is 6.10 Å². The van der Waals surface area contributed by atoms with E-state index in [2.05, 4.69) is 45.1 Å². The molecule has 6 nitrogen and oxygen atoms in total. The maximum Gasteiger partial charge on any atom is 0.306 e. The Balaban J connectivity index is 4.48. The minimum Gasteiger partial charge on any atom is -0.462 e. The van der Waals surface area contributed by atoms with Crippen LogP contribution < -0.4 is 0 Å². The van der Waals surface area contributed by atoms with E-state index in [1.54, 1.807) is 0 Å². The van der Waals surface area contributed by atoms with Gasteiger partial charge in [-0.15, -0.1) is 0 Å². The third kappa shape index (κ3) is 49.2. The summed E-state index contributed by atoms with van der Waals surface area (Å²) < 4.78 is 16.7. The highest BCUT2D eigenvalue weighted by Crippen LogP contribution is 2.15. The molecule has 0 radical (unpaired) electrons. The Morgan fingerprint density at radius 3 is 1.08 bits per heavy atom. The fourth-order valence-electron chi connectivity index (χ4n) is 6.88. The van der Waals surface area contributed by atoms with Crippen LogP contribution in [0.25, 0.3) is 0 Å². The van der Waals surface area contributed by atoms with Crippen LogP contribution in [0, 0.1) is 0 Å². The van der Waals surface area contributed by atoms with Crippen molar-refractivity contribution in [1.29, 1.82) is 0 Å². The summed E-state index contributed by atoms with van der Waals surface area (Å²) in [5, 5.41) is 0. The molecule has 0 aliphatic carbocycles. The molecule has 358 valence electrons. The fraction of sp³-hybridized carbons (Fsp3) is 0.667. The Hall–Kier alpha value is -3.67. The number of esters is 3. The Labute approximate surface area is 387 Å². The van der Waals surface area contributed by atoms with E-state index in [4.69, 9.17) is 14.2 Å². The van der Waals surface area contributed by atoms with Crippen molar-refractivity contribution in [3.05, 3.63) is 97.2 Å². The Morgan fingerprint density at radius 1 is 0.333 bits per heavy atom. The van der Waals surface area contributed by atoms with Crippen molar-refractivity contribution >= 4 is 17.9 Å². The molecule has 0 saturated heterocycles. The molecule has 0 amide bonds. The monoisotopic (exact) mass is 875 g/mol. The maximum atomic E-state index is 12.8. The first kappa shape index (κ1) is 59.3. The van der Waals surface area contributed by atoms with Gasteiger partial charge in [-0.1, -0.05) is 246 Å². The molecule has 1 unspecified atom stereocenters. The van der Waals surface area contributed by atoms with Crippen LogP contribution in [0.3, 0.4) is 0 Å². The first-order chi connectivity index (χ1) is 31.0. The highest BCUT2D eigenvalue weighted by molar-refractivity contribution is 5.71. The summed E-state index contributed by atoms with van der Waals surface area (Å²) >= 11 is 0. The van der Waals surface area contributed by atoms with E-state index in [1.165, 1.54) is 103 Å². The summed E-state index contributed by atoms with van der Waals surface area (Å²) in [5.74, 6) is -0.952. The quantitative estimate of drug-likeness (QED) is 0.0199. The molecule has 0 saturated carbocycles. The van der Waals surface area contributed by atoms with Gasteiger partial charge in [0.2, 0.25) is 0 Å². The van der Waals surface area contributed by atoms with Crippen molar-refractivity contribution in [2.24, 2.45) is 0 Å². The summed E-state index contributed by atoms with van der Waals surface area (Å²) in [7, 11) is 0. The average Bonchev–Trinajstić information content (AvgIpc) is 3.28. The Morgan fingerprint density at radius 2 is 0.651 bits per heavy atom. The molecule has 0 aromatic carbocycles. The van der Waals surface area contributed by atoms with Gasteiger partial charge in [0.15, 0.2) is 6.10 Å². The lowest BCUT2D eigenvalue weighted by atomic mass is 10.0.